The molecule has 3 heteroatoms. The molecule has 0 saturated heterocycles. The maximum Gasteiger partial charge on any atom is 0.217 e. The van der Waals surface area contributed by atoms with Crippen LogP contribution >= 0.6 is 11.6 Å². The van der Waals surface area contributed by atoms with Gasteiger partial charge in [-0.2, -0.15) is 0 Å². The Kier molecular flexibility index (Phi) is 5.01. The third-order valence-electron chi connectivity index (χ3n) is 0.540. The molecule has 0 heterocycles. The summed E-state index contributed by atoms with van der Waals surface area (Å²) in [4.78, 5) is 0. The van der Waals surface area contributed by atoms with Crippen molar-refractivity contribution >= 4 is 11.6 Å². The topological polar surface area (TPSA) is 9.23 Å². The lowest BCUT2D eigenvalue weighted by Gasteiger charge is -2.00. The van der Waals surface area contributed by atoms with Crippen molar-refractivity contribution in [1.82, 2.24) is 0 Å². The molecule has 1 atom stereocenters. The van der Waals surface area contributed by atoms with Crippen molar-refractivity contribution in [3.63, 3.8) is 0 Å². The lowest BCUT2D eigenvalue weighted by Crippen LogP contribution is -2.03. The predicted molar refractivity (Wildman–Crippen MR) is 31.8 cm³/mol. The highest BCUT2D eigenvalue weighted by Crippen LogP contribution is 1.93. The number of ether oxygens (including phenoxy) is 1. The van der Waals surface area contributed by atoms with Gasteiger partial charge in [0.1, 0.15) is 0 Å². The first kappa shape index (κ1) is 7.92. The van der Waals surface area contributed by atoms with Gasteiger partial charge in [0, 0.05) is 5.88 Å². The van der Waals surface area contributed by atoms with Gasteiger partial charge in [-0.25, -0.2) is 4.39 Å². The highest BCUT2D eigenvalue weighted by atomic mass is 35.5. The lowest BCUT2D eigenvalue weighted by molar-refractivity contribution is 0.00565. The van der Waals surface area contributed by atoms with Gasteiger partial charge in [0.15, 0.2) is 0 Å². The highest BCUT2D eigenvalue weighted by molar-refractivity contribution is 6.17. The molecular weight excluding hydrogens is 131 g/mol. The summed E-state index contributed by atoms with van der Waals surface area (Å²) in [6.45, 7) is 3.40. The molecule has 0 saturated carbocycles. The fourth-order valence-corrected chi connectivity index (χ4v) is 0.314. The van der Waals surface area contributed by atoms with E-state index in [2.05, 4.69) is 11.3 Å². The summed E-state index contributed by atoms with van der Waals surface area (Å²) in [6.07, 6.45) is -0.291. The minimum Gasteiger partial charge on any atom is -0.344 e. The Labute approximate surface area is 53.1 Å². The van der Waals surface area contributed by atoms with E-state index in [-0.39, 0.29) is 6.61 Å². The number of hydrogen-bond acceptors (Lipinski definition) is 1. The van der Waals surface area contributed by atoms with Crippen molar-refractivity contribution in [2.45, 2.75) is 6.36 Å². The van der Waals surface area contributed by atoms with Gasteiger partial charge in [0.05, 0.1) is 6.61 Å². The van der Waals surface area contributed by atoms with Crippen molar-refractivity contribution in [1.29, 1.82) is 0 Å². The predicted octanol–water partition coefficient (Wildman–Crippen LogP) is 1.72. The van der Waals surface area contributed by atoms with E-state index in [1.54, 1.807) is 0 Å². The van der Waals surface area contributed by atoms with E-state index in [9.17, 15) is 4.39 Å². The van der Waals surface area contributed by atoms with Crippen LogP contribution in [0.4, 0.5) is 4.39 Å². The van der Waals surface area contributed by atoms with Crippen LogP contribution in [-0.2, 0) is 4.74 Å². The van der Waals surface area contributed by atoms with Crippen LogP contribution in [0.15, 0.2) is 12.7 Å². The quantitative estimate of drug-likeness (QED) is 0.425. The van der Waals surface area contributed by atoms with Crippen molar-refractivity contribution in [3.05, 3.63) is 12.7 Å². The lowest BCUT2D eigenvalue weighted by atomic mass is 10.6. The van der Waals surface area contributed by atoms with Gasteiger partial charge >= 0.3 is 0 Å². The van der Waals surface area contributed by atoms with E-state index < -0.39 is 6.36 Å². The summed E-state index contributed by atoms with van der Waals surface area (Å²) in [5.74, 6) is 0.314. The van der Waals surface area contributed by atoms with Crippen LogP contribution in [0, 0.1) is 0 Å². The minimum atomic E-state index is -1.37. The molecule has 0 aromatic rings. The molecule has 8 heavy (non-hydrogen) atoms. The Morgan fingerprint density at radius 3 is 2.88 bits per heavy atom. The molecule has 0 amide bonds. The number of hydrogen-bond donors (Lipinski definition) is 0. The van der Waals surface area contributed by atoms with Gasteiger partial charge in [-0.15, -0.1) is 11.6 Å². The monoisotopic (exact) mass is 138 g/mol. The van der Waals surface area contributed by atoms with Crippen LogP contribution in [-0.4, -0.2) is 18.8 Å². The molecule has 1 nitrogen and oxygen atoms in total. The number of rotatable bonds is 4. The third-order valence-corrected chi connectivity index (χ3v) is 0.694. The van der Waals surface area contributed by atoms with Crippen LogP contribution < -0.4 is 0 Å². The molecule has 0 aliphatic carbocycles. The summed E-state index contributed by atoms with van der Waals surface area (Å²) < 4.78 is 16.3. The molecule has 0 radical (unpaired) electrons. The zero-order chi connectivity index (χ0) is 6.41. The first-order valence-corrected chi connectivity index (χ1v) is 2.79. The van der Waals surface area contributed by atoms with E-state index in [1.165, 1.54) is 0 Å². The summed E-state index contributed by atoms with van der Waals surface area (Å²) >= 11 is 5.18. The molecule has 0 aromatic carbocycles. The zero-order valence-corrected chi connectivity index (χ0v) is 5.20. The van der Waals surface area contributed by atoms with Crippen LogP contribution in [0.5, 0.6) is 0 Å². The Morgan fingerprint density at radius 2 is 2.50 bits per heavy atom. The highest BCUT2D eigenvalue weighted by Gasteiger charge is 1.95. The van der Waals surface area contributed by atoms with Crippen molar-refractivity contribution in [2.24, 2.45) is 0 Å². The summed E-state index contributed by atoms with van der Waals surface area (Å²) in [5, 5.41) is 0. The van der Waals surface area contributed by atoms with Gasteiger partial charge in [-0.05, 0) is 6.08 Å². The number of alkyl halides is 2. The molecule has 0 aliphatic heterocycles. The zero-order valence-electron chi connectivity index (χ0n) is 4.44. The molecule has 0 aliphatic rings. The fraction of sp³-hybridized carbons (Fsp3) is 0.600. The molecule has 0 spiro atoms. The van der Waals surface area contributed by atoms with E-state index >= 15 is 0 Å². The normalized spacial score (nSPS) is 13.2. The third kappa shape index (κ3) is 4.09. The van der Waals surface area contributed by atoms with Gasteiger partial charge < -0.3 is 4.74 Å². The molecule has 0 rings (SSSR count). The van der Waals surface area contributed by atoms with E-state index in [1.807, 2.05) is 0 Å². The molecule has 0 aromatic heterocycles. The minimum absolute atomic E-state index is 0.231. The Hall–Kier alpha value is -0.0800. The molecule has 1 unspecified atom stereocenters. The second-order valence-corrected chi connectivity index (χ2v) is 1.52. The van der Waals surface area contributed by atoms with Crippen LogP contribution in [0.2, 0.25) is 0 Å². The second kappa shape index (κ2) is 5.06. The van der Waals surface area contributed by atoms with Crippen LogP contribution in [0.3, 0.4) is 0 Å². The fourth-order valence-electron chi connectivity index (χ4n) is 0.225. The van der Waals surface area contributed by atoms with E-state index in [0.29, 0.717) is 5.88 Å². The summed E-state index contributed by atoms with van der Waals surface area (Å²) in [7, 11) is 0. The smallest absolute Gasteiger partial charge is 0.217 e. The maximum absolute atomic E-state index is 11.9. The second-order valence-electron chi connectivity index (χ2n) is 1.15. The van der Waals surface area contributed by atoms with E-state index in [4.69, 9.17) is 11.6 Å². The van der Waals surface area contributed by atoms with Crippen molar-refractivity contribution < 1.29 is 9.13 Å². The molecular formula is C5H8ClFO. The first-order valence-electron chi connectivity index (χ1n) is 2.25. The average molecular weight is 139 g/mol. The SMILES string of the molecule is C=CC(F)OCCCl. The Morgan fingerprint density at radius 1 is 1.88 bits per heavy atom. The van der Waals surface area contributed by atoms with Crippen molar-refractivity contribution in [3.8, 4) is 0 Å². The van der Waals surface area contributed by atoms with Gasteiger partial charge in [0.25, 0.3) is 0 Å². The molecule has 0 bridgehead atoms. The average Bonchev–Trinajstić information content (AvgIpc) is 1.83. The maximum atomic E-state index is 11.9. The van der Waals surface area contributed by atoms with Crippen LogP contribution in [0.25, 0.3) is 0 Å². The standard InChI is InChI=1S/C5H8ClFO/c1-2-5(7)8-4-3-6/h2,5H,1,3-4H2. The largest absolute Gasteiger partial charge is 0.344 e. The van der Waals surface area contributed by atoms with Crippen molar-refractivity contribution in [2.75, 3.05) is 12.5 Å². The van der Waals surface area contributed by atoms with E-state index in [0.717, 1.165) is 6.08 Å². The van der Waals surface area contributed by atoms with Gasteiger partial charge in [-0.3, -0.25) is 0 Å². The van der Waals surface area contributed by atoms with Crippen LogP contribution in [0.1, 0.15) is 0 Å². The summed E-state index contributed by atoms with van der Waals surface area (Å²) in [5.41, 5.74) is 0. The van der Waals surface area contributed by atoms with Gasteiger partial charge in [-0.1, -0.05) is 6.58 Å². The summed E-state index contributed by atoms with van der Waals surface area (Å²) in [6, 6.07) is 0. The Bertz CT molecular complexity index is 67.4. The first-order chi connectivity index (χ1) is 3.81. The Balaban J connectivity index is 2.98. The number of halogens is 2. The molecule has 0 N–H and O–H groups in total. The molecule has 0 fully saturated rings. The molecule has 48 valence electrons. The van der Waals surface area contributed by atoms with Gasteiger partial charge in [0.2, 0.25) is 6.36 Å².